The van der Waals surface area contributed by atoms with Crippen molar-refractivity contribution in [2.45, 2.75) is 18.4 Å². The van der Waals surface area contributed by atoms with Gasteiger partial charge in [0.1, 0.15) is 12.6 Å². The van der Waals surface area contributed by atoms with Crippen LogP contribution in [0.15, 0.2) is 83.5 Å². The van der Waals surface area contributed by atoms with Crippen molar-refractivity contribution in [1.82, 2.24) is 10.3 Å². The first-order valence-electron chi connectivity index (χ1n) is 10.9. The van der Waals surface area contributed by atoms with Crippen LogP contribution in [0.25, 0.3) is 22.0 Å². The highest BCUT2D eigenvalue weighted by Crippen LogP contribution is 2.44. The number of carboxylic acids is 1. The standard InChI is InChI=1S/C27H21BrN2O4/c28-23-12-11-16(25-21(23)10-5-13-29-25)14-24(26(31)32)30-27(33)34-15-22-19-8-3-1-6-17(19)18-7-2-4-9-20(18)22/h1-13,22,24H,14-15H2,(H,30,33)(H,31,32)/t24-/m0/s1. The maximum atomic E-state index is 12.6. The van der Waals surface area contributed by atoms with E-state index in [-0.39, 0.29) is 18.9 Å². The molecule has 0 bridgehead atoms. The van der Waals surface area contributed by atoms with Gasteiger partial charge in [-0.05, 0) is 39.9 Å². The number of carboxylic acid groups (broad SMARTS) is 1. The zero-order chi connectivity index (χ0) is 23.7. The predicted molar refractivity (Wildman–Crippen MR) is 133 cm³/mol. The van der Waals surface area contributed by atoms with E-state index >= 15 is 0 Å². The summed E-state index contributed by atoms with van der Waals surface area (Å²) in [5.74, 6) is -1.23. The van der Waals surface area contributed by atoms with Crippen molar-refractivity contribution < 1.29 is 19.4 Å². The van der Waals surface area contributed by atoms with Crippen LogP contribution in [0.5, 0.6) is 0 Å². The van der Waals surface area contributed by atoms with E-state index in [1.165, 1.54) is 0 Å². The number of fused-ring (bicyclic) bond motifs is 4. The molecule has 1 amide bonds. The molecule has 0 saturated carbocycles. The Balaban J connectivity index is 1.30. The van der Waals surface area contributed by atoms with Gasteiger partial charge in [-0.3, -0.25) is 4.98 Å². The molecule has 0 unspecified atom stereocenters. The van der Waals surface area contributed by atoms with Gasteiger partial charge in [-0.15, -0.1) is 0 Å². The van der Waals surface area contributed by atoms with Crippen molar-refractivity contribution in [3.63, 3.8) is 0 Å². The molecule has 1 heterocycles. The highest BCUT2D eigenvalue weighted by Gasteiger charge is 2.30. The van der Waals surface area contributed by atoms with E-state index in [1.807, 2.05) is 60.7 Å². The highest BCUT2D eigenvalue weighted by molar-refractivity contribution is 9.10. The van der Waals surface area contributed by atoms with Crippen molar-refractivity contribution >= 4 is 38.9 Å². The summed E-state index contributed by atoms with van der Waals surface area (Å²) in [6.07, 6.45) is 0.983. The molecule has 7 heteroatoms. The first-order chi connectivity index (χ1) is 16.5. The van der Waals surface area contributed by atoms with Gasteiger partial charge in [0.2, 0.25) is 0 Å². The number of hydrogen-bond acceptors (Lipinski definition) is 4. The largest absolute Gasteiger partial charge is 0.480 e. The van der Waals surface area contributed by atoms with Crippen LogP contribution in [0.1, 0.15) is 22.6 Å². The molecule has 4 aromatic rings. The fourth-order valence-electron chi connectivity index (χ4n) is 4.56. The number of nitrogens with zero attached hydrogens (tertiary/aromatic N) is 1. The van der Waals surface area contributed by atoms with Crippen LogP contribution in [0.2, 0.25) is 0 Å². The Morgan fingerprint density at radius 2 is 1.65 bits per heavy atom. The third-order valence-electron chi connectivity index (χ3n) is 6.16. The Kier molecular flexibility index (Phi) is 6.02. The molecule has 1 aliphatic carbocycles. The second-order valence-electron chi connectivity index (χ2n) is 8.17. The molecule has 6 nitrogen and oxygen atoms in total. The molecule has 0 aliphatic heterocycles. The molecule has 0 fully saturated rings. The fraction of sp³-hybridized carbons (Fsp3) is 0.148. The Morgan fingerprint density at radius 1 is 0.971 bits per heavy atom. The third kappa shape index (κ3) is 4.15. The summed E-state index contributed by atoms with van der Waals surface area (Å²) in [4.78, 5) is 29.0. The lowest BCUT2D eigenvalue weighted by Gasteiger charge is -2.18. The lowest BCUT2D eigenvalue weighted by Crippen LogP contribution is -2.43. The number of hydrogen-bond donors (Lipinski definition) is 2. The van der Waals surface area contributed by atoms with Crippen LogP contribution < -0.4 is 5.32 Å². The van der Waals surface area contributed by atoms with Crippen molar-refractivity contribution in [3.8, 4) is 11.1 Å². The van der Waals surface area contributed by atoms with E-state index < -0.39 is 18.1 Å². The highest BCUT2D eigenvalue weighted by atomic mass is 79.9. The van der Waals surface area contributed by atoms with E-state index in [2.05, 4.69) is 38.4 Å². The molecule has 5 rings (SSSR count). The zero-order valence-corrected chi connectivity index (χ0v) is 19.7. The first kappa shape index (κ1) is 22.1. The second kappa shape index (κ2) is 9.27. The number of benzene rings is 3. The average molecular weight is 517 g/mol. The molecule has 34 heavy (non-hydrogen) atoms. The minimum Gasteiger partial charge on any atom is -0.480 e. The van der Waals surface area contributed by atoms with Crippen molar-refractivity contribution in [2.24, 2.45) is 0 Å². The molecular formula is C27H21BrN2O4. The third-order valence-corrected chi connectivity index (χ3v) is 6.85. The predicted octanol–water partition coefficient (Wildman–Crippen LogP) is 5.53. The summed E-state index contributed by atoms with van der Waals surface area (Å²) < 4.78 is 6.40. The summed E-state index contributed by atoms with van der Waals surface area (Å²) in [5.41, 5.74) is 5.87. The Morgan fingerprint density at radius 3 is 2.32 bits per heavy atom. The van der Waals surface area contributed by atoms with Crippen LogP contribution in [-0.2, 0) is 16.0 Å². The van der Waals surface area contributed by atoms with Gasteiger partial charge in [-0.1, -0.05) is 76.6 Å². The maximum absolute atomic E-state index is 12.6. The minimum absolute atomic E-state index is 0.0837. The Hall–Kier alpha value is -3.71. The molecule has 170 valence electrons. The van der Waals surface area contributed by atoms with Gasteiger partial charge in [-0.2, -0.15) is 0 Å². The van der Waals surface area contributed by atoms with E-state index in [4.69, 9.17) is 4.74 Å². The van der Waals surface area contributed by atoms with Crippen LogP contribution in [0.3, 0.4) is 0 Å². The quantitative estimate of drug-likeness (QED) is 0.351. The normalized spacial score (nSPS) is 13.2. The molecule has 2 N–H and O–H groups in total. The number of carbonyl (C=O) groups is 2. The van der Waals surface area contributed by atoms with Gasteiger partial charge in [0.25, 0.3) is 0 Å². The number of halogens is 1. The summed E-state index contributed by atoms with van der Waals surface area (Å²) in [6, 6.07) is 22.3. The molecule has 1 atom stereocenters. The van der Waals surface area contributed by atoms with Crippen LogP contribution in [0.4, 0.5) is 4.79 Å². The lowest BCUT2D eigenvalue weighted by molar-refractivity contribution is -0.139. The summed E-state index contributed by atoms with van der Waals surface area (Å²) in [5, 5.41) is 13.1. The molecule has 0 radical (unpaired) electrons. The zero-order valence-electron chi connectivity index (χ0n) is 18.1. The van der Waals surface area contributed by atoms with Gasteiger partial charge in [0.15, 0.2) is 0 Å². The Bertz CT molecular complexity index is 1360. The molecule has 1 aromatic heterocycles. The number of nitrogens with one attached hydrogen (secondary N) is 1. The van der Waals surface area contributed by atoms with Gasteiger partial charge in [-0.25, -0.2) is 9.59 Å². The number of pyridine rings is 1. The average Bonchev–Trinajstić information content (AvgIpc) is 3.18. The number of alkyl carbamates (subject to hydrolysis) is 1. The first-order valence-corrected chi connectivity index (χ1v) is 11.7. The number of aromatic nitrogens is 1. The summed E-state index contributed by atoms with van der Waals surface area (Å²) in [7, 11) is 0. The van der Waals surface area contributed by atoms with Crippen LogP contribution >= 0.6 is 15.9 Å². The second-order valence-corrected chi connectivity index (χ2v) is 9.03. The van der Waals surface area contributed by atoms with Gasteiger partial charge >= 0.3 is 12.1 Å². The van der Waals surface area contributed by atoms with Crippen molar-refractivity contribution in [1.29, 1.82) is 0 Å². The van der Waals surface area contributed by atoms with Crippen molar-refractivity contribution in [3.05, 3.63) is 100 Å². The monoisotopic (exact) mass is 516 g/mol. The van der Waals surface area contributed by atoms with E-state index in [0.717, 1.165) is 37.7 Å². The van der Waals surface area contributed by atoms with Gasteiger partial charge in [0.05, 0.1) is 5.52 Å². The Labute approximate surface area is 204 Å². The van der Waals surface area contributed by atoms with Crippen LogP contribution in [0, 0.1) is 0 Å². The number of amides is 1. The fourth-order valence-corrected chi connectivity index (χ4v) is 5.02. The minimum atomic E-state index is -1.15. The number of rotatable bonds is 6. The number of carbonyl (C=O) groups excluding carboxylic acids is 1. The van der Waals surface area contributed by atoms with Crippen LogP contribution in [-0.4, -0.2) is 34.8 Å². The molecular weight excluding hydrogens is 496 g/mol. The van der Waals surface area contributed by atoms with E-state index in [0.29, 0.717) is 5.52 Å². The van der Waals surface area contributed by atoms with Gasteiger partial charge in [0, 0.05) is 28.4 Å². The summed E-state index contributed by atoms with van der Waals surface area (Å²) in [6.45, 7) is 0.120. The van der Waals surface area contributed by atoms with E-state index in [1.54, 1.807) is 6.20 Å². The van der Waals surface area contributed by atoms with Crippen molar-refractivity contribution in [2.75, 3.05) is 6.61 Å². The molecule has 0 saturated heterocycles. The SMILES string of the molecule is O=C(N[C@@H](Cc1ccc(Br)c2cccnc12)C(=O)O)OCC1c2ccccc2-c2ccccc21. The molecule has 3 aromatic carbocycles. The van der Waals surface area contributed by atoms with E-state index in [9.17, 15) is 14.7 Å². The number of ether oxygens (including phenoxy) is 1. The molecule has 0 spiro atoms. The van der Waals surface area contributed by atoms with Gasteiger partial charge < -0.3 is 15.2 Å². The smallest absolute Gasteiger partial charge is 0.407 e. The number of aliphatic carboxylic acids is 1. The molecule has 1 aliphatic rings. The lowest BCUT2D eigenvalue weighted by atomic mass is 9.98. The summed E-state index contributed by atoms with van der Waals surface area (Å²) >= 11 is 3.50. The maximum Gasteiger partial charge on any atom is 0.407 e. The topological polar surface area (TPSA) is 88.5 Å².